The summed E-state index contributed by atoms with van der Waals surface area (Å²) in [6, 6.07) is 0. The molecule has 102 valence electrons. The van der Waals surface area contributed by atoms with E-state index in [1.807, 2.05) is 6.92 Å². The molecule has 3 heteroatoms. The minimum absolute atomic E-state index is 0.341. The second kappa shape index (κ2) is 17.6. The molecule has 0 aliphatic rings. The van der Waals surface area contributed by atoms with Gasteiger partial charge in [0, 0.05) is 6.08 Å². The third kappa shape index (κ3) is 21.1. The number of carbonyl (C=O) groups is 1. The fourth-order valence-electron chi connectivity index (χ4n) is 0.990. The third-order valence-corrected chi connectivity index (χ3v) is 2.03. The standard InChI is InChI=1S/C8H19N.C6H10O2/c1-3-5-7-9-8-6-4-2;1-3-5-8-6(7)4-2/h9H,3-8H2,1-2H3;4H,2-3,5H2,1H3. The van der Waals surface area contributed by atoms with Crippen molar-refractivity contribution in [3.8, 4) is 0 Å². The number of esters is 1. The van der Waals surface area contributed by atoms with Crippen LogP contribution in [0.15, 0.2) is 12.7 Å². The number of rotatable bonds is 9. The van der Waals surface area contributed by atoms with Gasteiger partial charge < -0.3 is 10.1 Å². The maximum Gasteiger partial charge on any atom is 0.330 e. The number of hydrogen-bond acceptors (Lipinski definition) is 3. The highest BCUT2D eigenvalue weighted by Crippen LogP contribution is 1.85. The van der Waals surface area contributed by atoms with E-state index in [9.17, 15) is 4.79 Å². The van der Waals surface area contributed by atoms with Crippen LogP contribution in [0.3, 0.4) is 0 Å². The normalized spacial score (nSPS) is 9.12. The fraction of sp³-hybridized carbons (Fsp3) is 0.786. The molecule has 1 N–H and O–H groups in total. The van der Waals surface area contributed by atoms with Gasteiger partial charge in [0.05, 0.1) is 6.61 Å². The Morgan fingerprint density at radius 2 is 1.65 bits per heavy atom. The van der Waals surface area contributed by atoms with Gasteiger partial charge in [0.15, 0.2) is 0 Å². The smallest absolute Gasteiger partial charge is 0.330 e. The molecule has 0 atom stereocenters. The lowest BCUT2D eigenvalue weighted by Gasteiger charge is -1.99. The van der Waals surface area contributed by atoms with E-state index in [-0.39, 0.29) is 5.97 Å². The summed E-state index contributed by atoms with van der Waals surface area (Å²) >= 11 is 0. The van der Waals surface area contributed by atoms with E-state index >= 15 is 0 Å². The fourth-order valence-corrected chi connectivity index (χ4v) is 0.990. The van der Waals surface area contributed by atoms with Crippen LogP contribution >= 0.6 is 0 Å². The second-order valence-corrected chi connectivity index (χ2v) is 3.83. The molecule has 0 aliphatic heterocycles. The van der Waals surface area contributed by atoms with Crippen LogP contribution < -0.4 is 5.32 Å². The van der Waals surface area contributed by atoms with Gasteiger partial charge in [0.2, 0.25) is 0 Å². The first-order valence-corrected chi connectivity index (χ1v) is 6.72. The summed E-state index contributed by atoms with van der Waals surface area (Å²) in [4.78, 5) is 10.2. The zero-order valence-electron chi connectivity index (χ0n) is 11.8. The van der Waals surface area contributed by atoms with Crippen LogP contribution in [0.25, 0.3) is 0 Å². The predicted molar refractivity (Wildman–Crippen MR) is 74.1 cm³/mol. The van der Waals surface area contributed by atoms with E-state index in [4.69, 9.17) is 0 Å². The van der Waals surface area contributed by atoms with Gasteiger partial charge in [-0.2, -0.15) is 0 Å². The molecule has 0 unspecified atom stereocenters. The summed E-state index contributed by atoms with van der Waals surface area (Å²) in [5.41, 5.74) is 0. The molecule has 0 bridgehead atoms. The van der Waals surface area contributed by atoms with Gasteiger partial charge in [-0.3, -0.25) is 0 Å². The highest BCUT2D eigenvalue weighted by Gasteiger charge is 1.89. The first-order valence-electron chi connectivity index (χ1n) is 6.72. The van der Waals surface area contributed by atoms with Crippen LogP contribution in [0, 0.1) is 0 Å². The van der Waals surface area contributed by atoms with Crippen molar-refractivity contribution in [2.45, 2.75) is 52.9 Å². The van der Waals surface area contributed by atoms with Crippen LogP contribution in [0.4, 0.5) is 0 Å². The number of unbranched alkanes of at least 4 members (excludes halogenated alkanes) is 2. The molecule has 0 fully saturated rings. The average Bonchev–Trinajstić information content (AvgIpc) is 2.36. The zero-order chi connectivity index (χ0) is 13.4. The third-order valence-electron chi connectivity index (χ3n) is 2.03. The SMILES string of the molecule is C=CC(=O)OCCC.CCCCNCCCC. The monoisotopic (exact) mass is 243 g/mol. The quantitative estimate of drug-likeness (QED) is 0.383. The molecule has 0 aromatic rings. The number of ether oxygens (including phenoxy) is 1. The highest BCUT2D eigenvalue weighted by atomic mass is 16.5. The molecule has 0 heterocycles. The van der Waals surface area contributed by atoms with E-state index < -0.39 is 0 Å². The van der Waals surface area contributed by atoms with E-state index in [0.29, 0.717) is 6.61 Å². The lowest BCUT2D eigenvalue weighted by Crippen LogP contribution is -2.15. The summed E-state index contributed by atoms with van der Waals surface area (Å²) in [7, 11) is 0. The summed E-state index contributed by atoms with van der Waals surface area (Å²) in [6.45, 7) is 12.5. The molecule has 0 aromatic carbocycles. The molecule has 0 aliphatic carbocycles. The number of carbonyl (C=O) groups excluding carboxylic acids is 1. The van der Waals surface area contributed by atoms with Crippen molar-refractivity contribution in [3.63, 3.8) is 0 Å². The molecule has 0 aromatic heterocycles. The summed E-state index contributed by atoms with van der Waals surface area (Å²) in [5.74, 6) is -0.341. The summed E-state index contributed by atoms with van der Waals surface area (Å²) in [5, 5.41) is 3.39. The summed E-state index contributed by atoms with van der Waals surface area (Å²) in [6.07, 6.45) is 7.28. The van der Waals surface area contributed by atoms with Crippen LogP contribution in [-0.4, -0.2) is 25.7 Å². The maximum absolute atomic E-state index is 10.2. The van der Waals surface area contributed by atoms with E-state index in [2.05, 4.69) is 30.5 Å². The van der Waals surface area contributed by atoms with Gasteiger partial charge in [-0.25, -0.2) is 4.79 Å². The Bertz CT molecular complexity index is 164. The van der Waals surface area contributed by atoms with E-state index in [1.54, 1.807) is 0 Å². The van der Waals surface area contributed by atoms with E-state index in [1.165, 1.54) is 38.8 Å². The highest BCUT2D eigenvalue weighted by molar-refractivity contribution is 5.81. The van der Waals surface area contributed by atoms with Crippen molar-refractivity contribution < 1.29 is 9.53 Å². The van der Waals surface area contributed by atoms with Crippen LogP contribution in [0.2, 0.25) is 0 Å². The Labute approximate surface area is 107 Å². The molecule has 17 heavy (non-hydrogen) atoms. The molecule has 0 radical (unpaired) electrons. The topological polar surface area (TPSA) is 38.3 Å². The minimum Gasteiger partial charge on any atom is -0.463 e. The number of nitrogens with one attached hydrogen (secondary N) is 1. The molecule has 0 spiro atoms. The Morgan fingerprint density at radius 1 is 1.12 bits per heavy atom. The van der Waals surface area contributed by atoms with Crippen molar-refractivity contribution in [3.05, 3.63) is 12.7 Å². The first kappa shape index (κ1) is 18.5. The maximum atomic E-state index is 10.2. The lowest BCUT2D eigenvalue weighted by molar-refractivity contribution is -0.137. The van der Waals surface area contributed by atoms with Gasteiger partial charge in [-0.15, -0.1) is 0 Å². The summed E-state index contributed by atoms with van der Waals surface area (Å²) < 4.78 is 4.58. The van der Waals surface area contributed by atoms with Gasteiger partial charge in [0.25, 0.3) is 0 Å². The van der Waals surface area contributed by atoms with Crippen LogP contribution in [0.1, 0.15) is 52.9 Å². The Hall–Kier alpha value is -0.830. The van der Waals surface area contributed by atoms with Crippen molar-refractivity contribution in [1.29, 1.82) is 0 Å². The molecular weight excluding hydrogens is 214 g/mol. The largest absolute Gasteiger partial charge is 0.463 e. The van der Waals surface area contributed by atoms with Gasteiger partial charge in [-0.1, -0.05) is 40.2 Å². The second-order valence-electron chi connectivity index (χ2n) is 3.83. The van der Waals surface area contributed by atoms with Crippen LogP contribution in [0.5, 0.6) is 0 Å². The molecular formula is C14H29NO2. The minimum atomic E-state index is -0.341. The van der Waals surface area contributed by atoms with Crippen LogP contribution in [-0.2, 0) is 9.53 Å². The van der Waals surface area contributed by atoms with E-state index in [0.717, 1.165) is 12.5 Å². The molecule has 0 saturated carbocycles. The molecule has 3 nitrogen and oxygen atoms in total. The molecule has 0 rings (SSSR count). The van der Waals surface area contributed by atoms with Crippen molar-refractivity contribution in [1.82, 2.24) is 5.32 Å². The first-order chi connectivity index (χ1) is 8.22. The van der Waals surface area contributed by atoms with Crippen molar-refractivity contribution >= 4 is 5.97 Å². The number of hydrogen-bond donors (Lipinski definition) is 1. The van der Waals surface area contributed by atoms with Crippen molar-refractivity contribution in [2.24, 2.45) is 0 Å². The Morgan fingerprint density at radius 3 is 2.00 bits per heavy atom. The lowest BCUT2D eigenvalue weighted by atomic mass is 10.3. The Kier molecular flexibility index (Phi) is 19.1. The average molecular weight is 243 g/mol. The van der Waals surface area contributed by atoms with Gasteiger partial charge >= 0.3 is 5.97 Å². The van der Waals surface area contributed by atoms with Crippen molar-refractivity contribution in [2.75, 3.05) is 19.7 Å². The predicted octanol–water partition coefficient (Wildman–Crippen LogP) is 3.30. The van der Waals surface area contributed by atoms with Gasteiger partial charge in [0.1, 0.15) is 0 Å². The Balaban J connectivity index is 0. The van der Waals surface area contributed by atoms with Gasteiger partial charge in [-0.05, 0) is 32.4 Å². The molecule has 0 saturated heterocycles. The zero-order valence-corrected chi connectivity index (χ0v) is 11.8. The molecule has 0 amide bonds.